The van der Waals surface area contributed by atoms with Gasteiger partial charge in [0.1, 0.15) is 5.75 Å². The van der Waals surface area contributed by atoms with Crippen molar-refractivity contribution in [2.75, 3.05) is 13.1 Å². The molecule has 2 rings (SSSR count). The summed E-state index contributed by atoms with van der Waals surface area (Å²) in [7, 11) is 0. The first-order chi connectivity index (χ1) is 10.4. The first kappa shape index (κ1) is 19.6. The quantitative estimate of drug-likeness (QED) is 0.879. The Balaban J connectivity index is 0.00000264. The molecule has 1 heterocycles. The highest BCUT2D eigenvalue weighted by atomic mass is 35.5. The number of hydrogen-bond donors (Lipinski definition) is 2. The van der Waals surface area contributed by atoms with Crippen LogP contribution in [0.5, 0.6) is 5.75 Å². The van der Waals surface area contributed by atoms with Gasteiger partial charge in [-0.3, -0.25) is 4.79 Å². The van der Waals surface area contributed by atoms with Crippen LogP contribution in [0, 0.1) is 19.8 Å². The maximum absolute atomic E-state index is 12.4. The molecule has 2 unspecified atom stereocenters. The van der Waals surface area contributed by atoms with Crippen molar-refractivity contribution in [2.45, 2.75) is 39.8 Å². The van der Waals surface area contributed by atoms with Crippen LogP contribution in [-0.4, -0.2) is 31.7 Å². The van der Waals surface area contributed by atoms with Crippen molar-refractivity contribution in [3.63, 3.8) is 0 Å². The molecule has 1 aromatic rings. The van der Waals surface area contributed by atoms with Gasteiger partial charge >= 0.3 is 6.61 Å². The van der Waals surface area contributed by atoms with Crippen molar-refractivity contribution >= 4 is 18.3 Å². The van der Waals surface area contributed by atoms with Crippen molar-refractivity contribution in [2.24, 2.45) is 5.92 Å². The van der Waals surface area contributed by atoms with Gasteiger partial charge in [-0.1, -0.05) is 6.92 Å². The minimum absolute atomic E-state index is 0. The summed E-state index contributed by atoms with van der Waals surface area (Å²) in [5.74, 6) is 0.364. The summed E-state index contributed by atoms with van der Waals surface area (Å²) >= 11 is 0. The zero-order chi connectivity index (χ0) is 16.3. The van der Waals surface area contributed by atoms with Gasteiger partial charge in [-0.05, 0) is 56.0 Å². The van der Waals surface area contributed by atoms with E-state index in [1.165, 1.54) is 0 Å². The Labute approximate surface area is 141 Å². The zero-order valence-electron chi connectivity index (χ0n) is 13.5. The van der Waals surface area contributed by atoms with Gasteiger partial charge in [0.15, 0.2) is 0 Å². The Morgan fingerprint density at radius 1 is 1.35 bits per heavy atom. The summed E-state index contributed by atoms with van der Waals surface area (Å²) in [4.78, 5) is 12.4. The Morgan fingerprint density at radius 2 is 1.96 bits per heavy atom. The fourth-order valence-corrected chi connectivity index (χ4v) is 2.79. The third-order valence-electron chi connectivity index (χ3n) is 4.07. The van der Waals surface area contributed by atoms with Gasteiger partial charge in [-0.15, -0.1) is 12.4 Å². The first-order valence-corrected chi connectivity index (χ1v) is 7.46. The van der Waals surface area contributed by atoms with Gasteiger partial charge in [0.25, 0.3) is 5.91 Å². The van der Waals surface area contributed by atoms with Gasteiger partial charge in [0.05, 0.1) is 0 Å². The average Bonchev–Trinajstić information content (AvgIpc) is 2.44. The van der Waals surface area contributed by atoms with Crippen LogP contribution in [0.3, 0.4) is 0 Å². The molecule has 1 amide bonds. The number of halogens is 3. The molecule has 0 bridgehead atoms. The molecule has 1 aromatic carbocycles. The Hall–Kier alpha value is -1.40. The second-order valence-corrected chi connectivity index (χ2v) is 5.87. The third-order valence-corrected chi connectivity index (χ3v) is 4.07. The number of aryl methyl sites for hydroxylation is 2. The number of ether oxygens (including phenoxy) is 1. The number of amides is 1. The molecule has 0 radical (unpaired) electrons. The molecule has 2 atom stereocenters. The number of benzene rings is 1. The summed E-state index contributed by atoms with van der Waals surface area (Å²) in [5, 5.41) is 6.27. The van der Waals surface area contributed by atoms with E-state index in [4.69, 9.17) is 0 Å². The van der Waals surface area contributed by atoms with Gasteiger partial charge in [0, 0.05) is 18.2 Å². The second-order valence-electron chi connectivity index (χ2n) is 5.87. The molecule has 0 aliphatic carbocycles. The highest BCUT2D eigenvalue weighted by molar-refractivity contribution is 5.95. The van der Waals surface area contributed by atoms with E-state index in [0.29, 0.717) is 22.6 Å². The van der Waals surface area contributed by atoms with E-state index in [0.717, 1.165) is 19.5 Å². The second kappa shape index (κ2) is 8.45. The minimum atomic E-state index is -2.87. The SMILES string of the molecule is Cc1cc(C(=O)NC2CNCCC2C)cc(C)c1OC(F)F.Cl. The van der Waals surface area contributed by atoms with Crippen molar-refractivity contribution in [3.05, 3.63) is 28.8 Å². The predicted octanol–water partition coefficient (Wildman–Crippen LogP) is 3.05. The largest absolute Gasteiger partial charge is 0.434 e. The predicted molar refractivity (Wildman–Crippen MR) is 87.7 cm³/mol. The van der Waals surface area contributed by atoms with E-state index in [1.807, 2.05) is 0 Å². The molecule has 1 fully saturated rings. The zero-order valence-corrected chi connectivity index (χ0v) is 14.3. The van der Waals surface area contributed by atoms with Crippen molar-refractivity contribution < 1.29 is 18.3 Å². The lowest BCUT2D eigenvalue weighted by molar-refractivity contribution is -0.0507. The molecule has 7 heteroatoms. The molecule has 1 aliphatic rings. The van der Waals surface area contributed by atoms with Crippen LogP contribution in [0.2, 0.25) is 0 Å². The number of alkyl halides is 2. The molecular weight excluding hydrogens is 326 g/mol. The average molecular weight is 349 g/mol. The van der Waals surface area contributed by atoms with E-state index < -0.39 is 6.61 Å². The van der Waals surface area contributed by atoms with Crippen LogP contribution in [-0.2, 0) is 0 Å². The Kier molecular flexibility index (Phi) is 7.22. The molecule has 0 saturated carbocycles. The number of piperidine rings is 1. The van der Waals surface area contributed by atoms with E-state index in [-0.39, 0.29) is 30.1 Å². The fraction of sp³-hybridized carbons (Fsp3) is 0.562. The van der Waals surface area contributed by atoms with Crippen molar-refractivity contribution in [1.82, 2.24) is 10.6 Å². The smallest absolute Gasteiger partial charge is 0.387 e. The number of nitrogens with one attached hydrogen (secondary N) is 2. The number of carbonyl (C=O) groups excluding carboxylic acids is 1. The third kappa shape index (κ3) is 5.04. The lowest BCUT2D eigenvalue weighted by Crippen LogP contribution is -2.50. The molecule has 1 aliphatic heterocycles. The van der Waals surface area contributed by atoms with Gasteiger partial charge in [-0.2, -0.15) is 8.78 Å². The van der Waals surface area contributed by atoms with E-state index in [2.05, 4.69) is 22.3 Å². The topological polar surface area (TPSA) is 50.4 Å². The normalized spacial score (nSPS) is 20.8. The standard InChI is InChI=1S/C16H22F2N2O2.ClH/c1-9-4-5-19-8-13(9)20-15(21)12-6-10(2)14(11(3)7-12)22-16(17)18;/h6-7,9,13,16,19H,4-5,8H2,1-3H3,(H,20,21);1H. The summed E-state index contributed by atoms with van der Waals surface area (Å²) < 4.78 is 29.3. The van der Waals surface area contributed by atoms with E-state index in [9.17, 15) is 13.6 Å². The molecule has 0 aromatic heterocycles. The van der Waals surface area contributed by atoms with E-state index in [1.54, 1.807) is 26.0 Å². The summed E-state index contributed by atoms with van der Waals surface area (Å²) in [5.41, 5.74) is 1.52. The van der Waals surface area contributed by atoms with Gasteiger partial charge in [-0.25, -0.2) is 0 Å². The maximum Gasteiger partial charge on any atom is 0.387 e. The fourth-order valence-electron chi connectivity index (χ4n) is 2.79. The van der Waals surface area contributed by atoms with E-state index >= 15 is 0 Å². The Morgan fingerprint density at radius 3 is 2.48 bits per heavy atom. The molecule has 4 nitrogen and oxygen atoms in total. The highest BCUT2D eigenvalue weighted by Crippen LogP contribution is 2.26. The highest BCUT2D eigenvalue weighted by Gasteiger charge is 2.23. The molecule has 0 spiro atoms. The number of rotatable bonds is 4. The maximum atomic E-state index is 12.4. The monoisotopic (exact) mass is 348 g/mol. The summed E-state index contributed by atoms with van der Waals surface area (Å²) in [6.45, 7) is 4.27. The minimum Gasteiger partial charge on any atom is -0.434 e. The molecular formula is C16H23ClF2N2O2. The summed E-state index contributed by atoms with van der Waals surface area (Å²) in [6, 6.07) is 3.25. The number of hydrogen-bond acceptors (Lipinski definition) is 3. The lowest BCUT2D eigenvalue weighted by atomic mass is 9.94. The van der Waals surface area contributed by atoms with Crippen LogP contribution in [0.25, 0.3) is 0 Å². The Bertz CT molecular complexity index is 532. The van der Waals surface area contributed by atoms with Crippen molar-refractivity contribution in [3.8, 4) is 5.75 Å². The number of carbonyl (C=O) groups is 1. The van der Waals surface area contributed by atoms with Crippen LogP contribution >= 0.6 is 12.4 Å². The van der Waals surface area contributed by atoms with Crippen molar-refractivity contribution in [1.29, 1.82) is 0 Å². The van der Waals surface area contributed by atoms with Crippen LogP contribution in [0.15, 0.2) is 12.1 Å². The molecule has 1 saturated heterocycles. The first-order valence-electron chi connectivity index (χ1n) is 7.46. The van der Waals surface area contributed by atoms with Crippen LogP contribution < -0.4 is 15.4 Å². The molecule has 23 heavy (non-hydrogen) atoms. The lowest BCUT2D eigenvalue weighted by Gasteiger charge is -2.30. The molecule has 2 N–H and O–H groups in total. The molecule has 130 valence electrons. The van der Waals surface area contributed by atoms with Gasteiger partial charge in [0.2, 0.25) is 0 Å². The van der Waals surface area contributed by atoms with Gasteiger partial charge < -0.3 is 15.4 Å². The van der Waals surface area contributed by atoms with Crippen LogP contribution in [0.1, 0.15) is 34.8 Å². The summed E-state index contributed by atoms with van der Waals surface area (Å²) in [6.07, 6.45) is 1.02. The van der Waals surface area contributed by atoms with Crippen LogP contribution in [0.4, 0.5) is 8.78 Å².